The fraction of sp³-hybridized carbons (Fsp3) is 0.192. The van der Waals surface area contributed by atoms with Crippen molar-refractivity contribution >= 4 is 11.6 Å². The molecule has 4 heterocycles. The van der Waals surface area contributed by atoms with Gasteiger partial charge in [-0.25, -0.2) is 9.59 Å². The normalized spacial score (nSPS) is 10.5. The molecule has 69 heavy (non-hydrogen) atoms. The molecule has 4 aromatic carbocycles. The Morgan fingerprint density at radius 2 is 0.826 bits per heavy atom. The number of hydrogen-bond acceptors (Lipinski definition) is 12. The summed E-state index contributed by atoms with van der Waals surface area (Å²) in [6.07, 6.45) is 6.67. The van der Waals surface area contributed by atoms with Gasteiger partial charge >= 0.3 is 11.4 Å². The number of benzene rings is 4. The summed E-state index contributed by atoms with van der Waals surface area (Å²) < 4.78 is 31.8. The molecule has 0 unspecified atom stereocenters. The van der Waals surface area contributed by atoms with Gasteiger partial charge in [-0.1, -0.05) is 72.3 Å². The van der Waals surface area contributed by atoms with E-state index in [1.54, 1.807) is 89.6 Å². The fourth-order valence-electron chi connectivity index (χ4n) is 6.67. The number of pyridine rings is 2. The number of ether oxygens (including phenoxy) is 5. The fourth-order valence-corrected chi connectivity index (χ4v) is 6.90. The molecule has 0 bridgehead atoms. The molecule has 0 saturated carbocycles. The average Bonchev–Trinajstić information content (AvgIpc) is 3.39. The molecule has 0 aliphatic rings. The monoisotopic (exact) mass is 954 g/mol. The molecule has 0 aliphatic heterocycles. The van der Waals surface area contributed by atoms with Gasteiger partial charge in [0.2, 0.25) is 5.88 Å². The molecule has 16 nitrogen and oxygen atoms in total. The molecule has 4 aromatic heterocycles. The first-order valence-electron chi connectivity index (χ1n) is 21.4. The highest BCUT2D eigenvalue weighted by Gasteiger charge is 2.15. The number of rotatable bonds is 16. The van der Waals surface area contributed by atoms with Crippen molar-refractivity contribution in [3.63, 3.8) is 0 Å². The van der Waals surface area contributed by atoms with Crippen molar-refractivity contribution in [2.24, 2.45) is 0 Å². The Morgan fingerprint density at radius 3 is 1.19 bits per heavy atom. The van der Waals surface area contributed by atoms with Gasteiger partial charge in [-0.15, -0.1) is 0 Å². The summed E-state index contributed by atoms with van der Waals surface area (Å²) in [5.41, 5.74) is 3.24. The van der Waals surface area contributed by atoms with Gasteiger partial charge in [-0.2, -0.15) is 0 Å². The zero-order valence-electron chi connectivity index (χ0n) is 38.4. The van der Waals surface area contributed by atoms with E-state index in [0.29, 0.717) is 17.2 Å². The molecule has 0 saturated heterocycles. The topological polar surface area (TPSA) is 180 Å². The van der Waals surface area contributed by atoms with Crippen LogP contribution >= 0.6 is 11.6 Å². The lowest BCUT2D eigenvalue weighted by Gasteiger charge is -2.16. The van der Waals surface area contributed by atoms with E-state index in [-0.39, 0.29) is 50.4 Å². The number of aliphatic hydroxyl groups excluding tert-OH is 1. The summed E-state index contributed by atoms with van der Waals surface area (Å²) in [6.45, 7) is 1.03. The Morgan fingerprint density at radius 1 is 0.464 bits per heavy atom. The summed E-state index contributed by atoms with van der Waals surface area (Å²) in [7, 11) is 6.35. The number of methoxy groups -OCH3 is 4. The lowest BCUT2D eigenvalue weighted by molar-refractivity contribution is 0.271. The van der Waals surface area contributed by atoms with E-state index >= 15 is 0 Å². The smallest absolute Gasteiger partial charge is 0.334 e. The van der Waals surface area contributed by atoms with E-state index < -0.39 is 22.5 Å². The van der Waals surface area contributed by atoms with Gasteiger partial charge < -0.3 is 28.8 Å². The third kappa shape index (κ3) is 14.2. The van der Waals surface area contributed by atoms with Crippen LogP contribution in [0.25, 0.3) is 0 Å². The molecule has 0 aliphatic carbocycles. The van der Waals surface area contributed by atoms with Crippen LogP contribution in [0.3, 0.4) is 0 Å². The minimum absolute atomic E-state index is 0.0772. The minimum Gasteiger partial charge on any atom is -0.497 e. The summed E-state index contributed by atoms with van der Waals surface area (Å²) >= 11 is 6.17. The average molecular weight is 955 g/mol. The Labute approximate surface area is 402 Å². The molecular weight excluding hydrogens is 904 g/mol. The second-order valence-electron chi connectivity index (χ2n) is 15.1. The lowest BCUT2D eigenvalue weighted by Crippen LogP contribution is -2.40. The van der Waals surface area contributed by atoms with Crippen LogP contribution in [0.2, 0.25) is 5.15 Å². The molecule has 0 radical (unpaired) electrons. The van der Waals surface area contributed by atoms with E-state index in [1.165, 1.54) is 25.8 Å². The Bertz CT molecular complexity index is 3110. The molecule has 17 heteroatoms. The van der Waals surface area contributed by atoms with E-state index in [2.05, 4.69) is 9.97 Å². The second kappa shape index (κ2) is 25.1. The van der Waals surface area contributed by atoms with E-state index in [4.69, 9.17) is 40.4 Å². The largest absolute Gasteiger partial charge is 0.497 e. The van der Waals surface area contributed by atoms with Crippen LogP contribution in [0.1, 0.15) is 33.4 Å². The standard InChI is InChI=1S/C26H25N3O5.C20H19ClN2O4.C6H7NO/c1-32-22-9-5-19(6-10-22)16-28-24(30)14-25(34-18-21-4-3-13-27-15-21)29(26(28)31)17-20-7-11-23(33-2)12-8-20;1-26-16-7-3-14(4-8-16)12-22-18(21)11-19(24)23(20(22)25)13-15-5-9-17(27-2)10-6-15;8-5-6-2-1-3-7-4-6/h3-15H,16-18H2,1-2H3;3-11H,12-13H2,1-2H3;1-4,8H,5H2. The van der Waals surface area contributed by atoms with Gasteiger partial charge in [0.25, 0.3) is 11.1 Å². The van der Waals surface area contributed by atoms with Gasteiger partial charge in [-0.05, 0) is 88.5 Å². The highest BCUT2D eigenvalue weighted by Crippen LogP contribution is 2.18. The molecule has 0 amide bonds. The summed E-state index contributed by atoms with van der Waals surface area (Å²) in [5.74, 6) is 3.04. The third-order valence-electron chi connectivity index (χ3n) is 10.5. The van der Waals surface area contributed by atoms with Crippen molar-refractivity contribution in [3.05, 3.63) is 238 Å². The van der Waals surface area contributed by atoms with Crippen molar-refractivity contribution in [3.8, 4) is 28.9 Å². The molecular formula is C52H51ClN6O10. The van der Waals surface area contributed by atoms with Crippen LogP contribution in [0.4, 0.5) is 0 Å². The number of aromatic nitrogens is 6. The highest BCUT2D eigenvalue weighted by atomic mass is 35.5. The first-order valence-corrected chi connectivity index (χ1v) is 21.8. The SMILES string of the molecule is COc1ccc(Cn2c(Cl)cc(=O)n(Cc3ccc(OC)cc3)c2=O)cc1.COc1ccc(Cn2c(OCc3cccnc3)cc(=O)n(Cc3ccc(OC)cc3)c2=O)cc1.OCc1cccnc1. The van der Waals surface area contributed by atoms with Crippen molar-refractivity contribution in [1.29, 1.82) is 0 Å². The molecule has 8 aromatic rings. The van der Waals surface area contributed by atoms with E-state index in [1.807, 2.05) is 84.9 Å². The minimum atomic E-state index is -0.459. The first kappa shape index (κ1) is 50.2. The molecule has 0 atom stereocenters. The summed E-state index contributed by atoms with van der Waals surface area (Å²) in [5, 5.41) is 8.60. The zero-order valence-corrected chi connectivity index (χ0v) is 39.2. The molecule has 356 valence electrons. The quantitative estimate of drug-likeness (QED) is 0.105. The maximum atomic E-state index is 13.5. The second-order valence-corrected chi connectivity index (χ2v) is 15.5. The number of nitrogens with zero attached hydrogens (tertiary/aromatic N) is 6. The van der Waals surface area contributed by atoms with Crippen LogP contribution in [0.15, 0.2) is 177 Å². The Hall–Kier alpha value is -8.21. The van der Waals surface area contributed by atoms with E-state index in [9.17, 15) is 19.2 Å². The first-order chi connectivity index (χ1) is 33.5. The predicted molar refractivity (Wildman–Crippen MR) is 262 cm³/mol. The van der Waals surface area contributed by atoms with Crippen LogP contribution in [0, 0.1) is 0 Å². The van der Waals surface area contributed by atoms with Crippen molar-refractivity contribution in [2.45, 2.75) is 39.4 Å². The van der Waals surface area contributed by atoms with Crippen LogP contribution < -0.4 is 46.2 Å². The van der Waals surface area contributed by atoms with Crippen LogP contribution in [-0.2, 0) is 39.4 Å². The number of aliphatic hydroxyl groups is 1. The summed E-state index contributed by atoms with van der Waals surface area (Å²) in [6, 6.07) is 39.0. The number of halogens is 1. The van der Waals surface area contributed by atoms with Crippen LogP contribution in [-0.4, -0.2) is 61.8 Å². The number of hydrogen-bond donors (Lipinski definition) is 1. The van der Waals surface area contributed by atoms with Crippen molar-refractivity contribution in [1.82, 2.24) is 28.2 Å². The Kier molecular flexibility index (Phi) is 18.2. The van der Waals surface area contributed by atoms with Crippen molar-refractivity contribution in [2.75, 3.05) is 28.4 Å². The third-order valence-corrected chi connectivity index (χ3v) is 10.8. The zero-order chi connectivity index (χ0) is 49.1. The lowest BCUT2D eigenvalue weighted by atomic mass is 10.2. The van der Waals surface area contributed by atoms with Gasteiger partial charge in [0, 0.05) is 36.4 Å². The Balaban J connectivity index is 0.000000199. The van der Waals surface area contributed by atoms with E-state index in [0.717, 1.165) is 43.7 Å². The summed E-state index contributed by atoms with van der Waals surface area (Å²) in [4.78, 5) is 59.4. The van der Waals surface area contributed by atoms with Crippen LogP contribution in [0.5, 0.6) is 28.9 Å². The molecule has 1 N–H and O–H groups in total. The van der Waals surface area contributed by atoms with Gasteiger partial charge in [0.05, 0.1) is 67.3 Å². The molecule has 0 fully saturated rings. The van der Waals surface area contributed by atoms with Gasteiger partial charge in [0.15, 0.2) is 0 Å². The maximum absolute atomic E-state index is 13.5. The van der Waals surface area contributed by atoms with Gasteiger partial charge in [-0.3, -0.25) is 37.8 Å². The predicted octanol–water partition coefficient (Wildman–Crippen LogP) is 6.45. The molecule has 0 spiro atoms. The highest BCUT2D eigenvalue weighted by molar-refractivity contribution is 6.29. The maximum Gasteiger partial charge on any atom is 0.334 e. The molecule has 8 rings (SSSR count). The van der Waals surface area contributed by atoms with Crippen molar-refractivity contribution < 1.29 is 28.8 Å². The van der Waals surface area contributed by atoms with Gasteiger partial charge in [0.1, 0.15) is 34.8 Å².